The Morgan fingerprint density at radius 1 is 1.55 bits per heavy atom. The maximum Gasteiger partial charge on any atom is 0.309 e. The Bertz CT molecular complexity index is 581. The number of hydrogen-bond donors (Lipinski definition) is 1. The van der Waals surface area contributed by atoms with Crippen LogP contribution in [0.4, 0.5) is 0 Å². The van der Waals surface area contributed by atoms with E-state index in [1.165, 1.54) is 0 Å². The van der Waals surface area contributed by atoms with Gasteiger partial charge in [-0.2, -0.15) is 0 Å². The van der Waals surface area contributed by atoms with Crippen molar-refractivity contribution in [1.29, 1.82) is 0 Å². The maximum absolute atomic E-state index is 11.7. The van der Waals surface area contributed by atoms with Gasteiger partial charge in [-0.05, 0) is 55.3 Å². The minimum Gasteiger partial charge on any atom is -0.772 e. The van der Waals surface area contributed by atoms with Crippen LogP contribution < -0.4 is 0 Å². The van der Waals surface area contributed by atoms with Crippen molar-refractivity contribution in [3.63, 3.8) is 0 Å². The summed E-state index contributed by atoms with van der Waals surface area (Å²) in [5, 5.41) is 8.64. The normalized spacial score (nSPS) is 27.6. The second-order valence-electron chi connectivity index (χ2n) is 6.16. The molecule has 0 spiro atoms. The summed E-state index contributed by atoms with van der Waals surface area (Å²) in [6.45, 7) is 10.6. The number of carbonyl (C=O) groups is 1. The lowest BCUT2D eigenvalue weighted by atomic mass is 9.75. The number of allylic oxidation sites excluding steroid dienone is 6. The zero-order valence-electron chi connectivity index (χ0n) is 13.5. The molecule has 2 unspecified atom stereocenters. The van der Waals surface area contributed by atoms with Gasteiger partial charge in [-0.1, -0.05) is 43.4 Å². The first-order valence-electron chi connectivity index (χ1n) is 7.17. The van der Waals surface area contributed by atoms with Crippen molar-refractivity contribution >= 4 is 17.0 Å². The van der Waals surface area contributed by atoms with E-state index in [2.05, 4.69) is 6.58 Å². The van der Waals surface area contributed by atoms with Crippen LogP contribution in [-0.4, -0.2) is 25.1 Å². The highest BCUT2D eigenvalue weighted by Gasteiger charge is 2.36. The molecule has 0 aromatic carbocycles. The van der Waals surface area contributed by atoms with Gasteiger partial charge in [0.05, 0.1) is 10.7 Å². The van der Waals surface area contributed by atoms with Crippen LogP contribution in [0.3, 0.4) is 0 Å². The van der Waals surface area contributed by atoms with Gasteiger partial charge < -0.3 is 9.66 Å². The fraction of sp³-hybridized carbons (Fsp3) is 0.471. The average Bonchev–Trinajstić information content (AvgIpc) is 2.41. The number of carboxylic acid groups (broad SMARTS) is 1. The van der Waals surface area contributed by atoms with Gasteiger partial charge in [-0.3, -0.25) is 9.00 Å². The van der Waals surface area contributed by atoms with E-state index in [9.17, 15) is 18.7 Å². The Morgan fingerprint density at radius 3 is 2.55 bits per heavy atom. The first-order valence-corrected chi connectivity index (χ1v) is 8.30. The summed E-state index contributed by atoms with van der Waals surface area (Å²) in [5.41, 5.74) is 1.40. The Balaban J connectivity index is 3.38. The van der Waals surface area contributed by atoms with E-state index in [0.717, 1.165) is 16.7 Å². The Kier molecular flexibility index (Phi) is 6.08. The molecular weight excluding hydrogens is 300 g/mol. The number of rotatable bonds is 5. The lowest BCUT2D eigenvalue weighted by molar-refractivity contribution is -0.146. The average molecular weight is 323 g/mol. The van der Waals surface area contributed by atoms with Crippen LogP contribution in [0.5, 0.6) is 0 Å². The van der Waals surface area contributed by atoms with Gasteiger partial charge in [0.15, 0.2) is 0 Å². The summed E-state index contributed by atoms with van der Waals surface area (Å²) >= 11 is -2.28. The van der Waals surface area contributed by atoms with Crippen LogP contribution in [0, 0.1) is 11.3 Å². The predicted octanol–water partition coefficient (Wildman–Crippen LogP) is 3.37. The van der Waals surface area contributed by atoms with Gasteiger partial charge in [0.1, 0.15) is 0 Å². The summed E-state index contributed by atoms with van der Waals surface area (Å²) in [6.07, 6.45) is 7.37. The minimum atomic E-state index is -2.28. The van der Waals surface area contributed by atoms with Crippen molar-refractivity contribution < 1.29 is 18.7 Å². The van der Waals surface area contributed by atoms with Crippen molar-refractivity contribution in [2.45, 2.75) is 39.4 Å². The topological polar surface area (TPSA) is 77.4 Å². The first kappa shape index (κ1) is 18.6. The van der Waals surface area contributed by atoms with Crippen LogP contribution in [0.1, 0.15) is 34.1 Å². The molecule has 5 heteroatoms. The molecule has 0 bridgehead atoms. The molecule has 0 aromatic rings. The van der Waals surface area contributed by atoms with Gasteiger partial charge in [0, 0.05) is 0 Å². The number of carboxylic acids is 1. The Labute approximate surface area is 134 Å². The zero-order chi connectivity index (χ0) is 17.1. The molecule has 1 rings (SSSR count). The van der Waals surface area contributed by atoms with Crippen LogP contribution in [0.15, 0.2) is 47.6 Å². The molecule has 0 fully saturated rings. The van der Waals surface area contributed by atoms with Crippen molar-refractivity contribution in [3.8, 4) is 0 Å². The molecule has 1 aliphatic carbocycles. The molecule has 122 valence electrons. The van der Waals surface area contributed by atoms with E-state index >= 15 is 0 Å². The van der Waals surface area contributed by atoms with Gasteiger partial charge >= 0.3 is 5.97 Å². The van der Waals surface area contributed by atoms with E-state index < -0.39 is 27.7 Å². The lowest BCUT2D eigenvalue weighted by Gasteiger charge is -2.37. The molecule has 0 aromatic heterocycles. The smallest absolute Gasteiger partial charge is 0.309 e. The van der Waals surface area contributed by atoms with E-state index in [1.54, 1.807) is 39.0 Å². The molecule has 0 amide bonds. The zero-order valence-corrected chi connectivity index (χ0v) is 14.3. The molecule has 3 atom stereocenters. The van der Waals surface area contributed by atoms with E-state index in [-0.39, 0.29) is 5.92 Å². The minimum absolute atomic E-state index is 0.259. The summed E-state index contributed by atoms with van der Waals surface area (Å²) < 4.78 is 23.4. The summed E-state index contributed by atoms with van der Waals surface area (Å²) in [6, 6.07) is 0. The third-order valence-corrected chi connectivity index (χ3v) is 5.14. The molecule has 0 aliphatic heterocycles. The molecule has 1 aliphatic rings. The second-order valence-corrected chi connectivity index (χ2v) is 7.19. The van der Waals surface area contributed by atoms with Crippen molar-refractivity contribution in [1.82, 2.24) is 0 Å². The van der Waals surface area contributed by atoms with Crippen molar-refractivity contribution in [2.24, 2.45) is 11.3 Å². The lowest BCUT2D eigenvalue weighted by Crippen LogP contribution is -2.34. The Morgan fingerprint density at radius 2 is 2.14 bits per heavy atom. The summed E-state index contributed by atoms with van der Waals surface area (Å²) in [7, 11) is 0. The van der Waals surface area contributed by atoms with E-state index in [0.29, 0.717) is 6.42 Å². The predicted molar refractivity (Wildman–Crippen MR) is 88.0 cm³/mol. The van der Waals surface area contributed by atoms with Gasteiger partial charge in [0.25, 0.3) is 0 Å². The molecule has 1 N–H and O–H groups in total. The van der Waals surface area contributed by atoms with Crippen molar-refractivity contribution in [3.05, 3.63) is 47.6 Å². The van der Waals surface area contributed by atoms with Gasteiger partial charge in [0.2, 0.25) is 0 Å². The molecule has 0 saturated carbocycles. The standard InChI is InChI=1S/C17H24O4S/c1-6-8-12-9-13(10-17(4,5)16(18)19)11(3)15(22(20)21)14(12)7-2/h6-9,11,15H,1,10H2,2-5H3,(H,18,19)(H,20,21)/p-1/b12-8-,14-7+/t11-,15?/m1/s1. The number of aliphatic carboxylic acids is 1. The molecule has 0 heterocycles. The van der Waals surface area contributed by atoms with E-state index in [4.69, 9.17) is 0 Å². The summed E-state index contributed by atoms with van der Waals surface area (Å²) in [4.78, 5) is 11.4. The van der Waals surface area contributed by atoms with Gasteiger partial charge in [-0.25, -0.2) is 0 Å². The van der Waals surface area contributed by atoms with Crippen LogP contribution in [-0.2, 0) is 15.9 Å². The van der Waals surface area contributed by atoms with Crippen LogP contribution in [0.2, 0.25) is 0 Å². The highest BCUT2D eigenvalue weighted by atomic mass is 32.2. The quantitative estimate of drug-likeness (QED) is 0.787. The largest absolute Gasteiger partial charge is 0.772 e. The fourth-order valence-electron chi connectivity index (χ4n) is 2.71. The van der Waals surface area contributed by atoms with Crippen molar-refractivity contribution in [2.75, 3.05) is 0 Å². The molecule has 0 saturated heterocycles. The second kappa shape index (κ2) is 7.20. The third-order valence-electron chi connectivity index (χ3n) is 4.06. The Hall–Kier alpha value is -1.46. The SMILES string of the molecule is C=C/C=C1/C=C(CC(C)(C)C(=O)O)[C@@H](C)C(S(=O)[O-])/C1=C/C. The van der Waals surface area contributed by atoms with Crippen LogP contribution in [0.25, 0.3) is 0 Å². The monoisotopic (exact) mass is 323 g/mol. The maximum atomic E-state index is 11.7. The summed E-state index contributed by atoms with van der Waals surface area (Å²) in [5.74, 6) is -1.16. The molecular formula is C17H23O4S-. The van der Waals surface area contributed by atoms with Gasteiger partial charge in [-0.15, -0.1) is 0 Å². The van der Waals surface area contributed by atoms with E-state index in [1.807, 2.05) is 13.0 Å². The highest BCUT2D eigenvalue weighted by Crippen LogP contribution is 2.40. The van der Waals surface area contributed by atoms with Crippen LogP contribution >= 0.6 is 0 Å². The first-order chi connectivity index (χ1) is 10.2. The fourth-order valence-corrected chi connectivity index (χ4v) is 3.70. The number of hydrogen-bond acceptors (Lipinski definition) is 3. The highest BCUT2D eigenvalue weighted by molar-refractivity contribution is 7.80. The third kappa shape index (κ3) is 3.84. The molecule has 4 nitrogen and oxygen atoms in total. The molecule has 22 heavy (non-hydrogen) atoms. The molecule has 0 radical (unpaired) electrons.